The van der Waals surface area contributed by atoms with Crippen molar-refractivity contribution in [1.29, 1.82) is 0 Å². The number of nitrogens with one attached hydrogen (secondary N) is 3. The van der Waals surface area contributed by atoms with E-state index in [2.05, 4.69) is 32.6 Å². The van der Waals surface area contributed by atoms with E-state index in [0.29, 0.717) is 12.4 Å². The van der Waals surface area contributed by atoms with Gasteiger partial charge in [0.15, 0.2) is 5.82 Å². The van der Waals surface area contributed by atoms with E-state index < -0.39 is 0 Å². The Balaban J connectivity index is 1.36. The van der Waals surface area contributed by atoms with Gasteiger partial charge in [0.1, 0.15) is 0 Å². The van der Waals surface area contributed by atoms with E-state index in [4.69, 9.17) is 0 Å². The number of urea groups is 1. The highest BCUT2D eigenvalue weighted by Crippen LogP contribution is 2.30. The van der Waals surface area contributed by atoms with Crippen molar-refractivity contribution in [1.82, 2.24) is 26.0 Å². The smallest absolute Gasteiger partial charge is 0.315 e. The molecule has 0 saturated carbocycles. The van der Waals surface area contributed by atoms with Crippen LogP contribution in [0.5, 0.6) is 0 Å². The zero-order valence-electron chi connectivity index (χ0n) is 17.2. The van der Waals surface area contributed by atoms with Crippen molar-refractivity contribution in [3.8, 4) is 0 Å². The normalized spacial score (nSPS) is 13.9. The average molecular weight is 412 g/mol. The molecule has 0 bridgehead atoms. The predicted molar refractivity (Wildman–Crippen MR) is 121 cm³/mol. The second kappa shape index (κ2) is 9.13. The summed E-state index contributed by atoms with van der Waals surface area (Å²) in [5.41, 5.74) is 7.88. The molecule has 1 aromatic carbocycles. The summed E-state index contributed by atoms with van der Waals surface area (Å²) >= 11 is 0. The van der Waals surface area contributed by atoms with Gasteiger partial charge in [-0.05, 0) is 36.2 Å². The highest BCUT2D eigenvalue weighted by atomic mass is 16.2. The molecule has 156 valence electrons. The number of nitrogens with zero attached hydrogens (tertiary/aromatic N) is 3. The first kappa shape index (κ1) is 20.2. The third-order valence-corrected chi connectivity index (χ3v) is 5.03. The predicted octanol–water partition coefficient (Wildman–Crippen LogP) is 3.92. The van der Waals surface area contributed by atoms with Crippen LogP contribution < -0.4 is 21.1 Å². The second-order valence-corrected chi connectivity index (χ2v) is 7.19. The lowest BCUT2D eigenvalue weighted by atomic mass is 10.1. The van der Waals surface area contributed by atoms with Gasteiger partial charge in [0.25, 0.3) is 0 Å². The number of aromatic nitrogens is 2. The van der Waals surface area contributed by atoms with Gasteiger partial charge < -0.3 is 10.6 Å². The lowest BCUT2D eigenvalue weighted by Gasteiger charge is -2.20. The van der Waals surface area contributed by atoms with Crippen LogP contribution in [0.3, 0.4) is 0 Å². The topological polar surface area (TPSA) is 82.2 Å². The Morgan fingerprint density at radius 1 is 1.16 bits per heavy atom. The summed E-state index contributed by atoms with van der Waals surface area (Å²) in [6.45, 7) is 6.52. The Morgan fingerprint density at radius 2 is 2.00 bits per heavy atom. The van der Waals surface area contributed by atoms with Gasteiger partial charge in [-0.2, -0.15) is 0 Å². The standard InChI is InChI=1S/C24H24N6O/c1-17(20-7-4-3-5-8-20)29-24(31)27-14-19-10-12-26-23(13-19)30-18(2)22(16-28-30)21-9-6-11-25-15-21/h3-13,15-17,28H,2,14H2,1H3,(H2,27,29,31)/t17-/m1/s1. The van der Waals surface area contributed by atoms with Crippen molar-refractivity contribution in [2.24, 2.45) is 0 Å². The molecule has 3 heterocycles. The lowest BCUT2D eigenvalue weighted by molar-refractivity contribution is 0.237. The summed E-state index contributed by atoms with van der Waals surface area (Å²) in [6.07, 6.45) is 7.13. The number of pyridine rings is 2. The molecule has 2 amide bonds. The molecule has 0 radical (unpaired) electrons. The molecule has 4 rings (SSSR count). The van der Waals surface area contributed by atoms with Crippen molar-refractivity contribution in [3.05, 3.63) is 108 Å². The van der Waals surface area contributed by atoms with Gasteiger partial charge in [0.05, 0.1) is 11.7 Å². The van der Waals surface area contributed by atoms with Crippen LogP contribution in [0.2, 0.25) is 0 Å². The largest absolute Gasteiger partial charge is 0.334 e. The molecule has 1 aliphatic rings. The van der Waals surface area contributed by atoms with E-state index in [9.17, 15) is 4.79 Å². The van der Waals surface area contributed by atoms with Crippen molar-refractivity contribution < 1.29 is 4.79 Å². The average Bonchev–Trinajstić information content (AvgIpc) is 3.20. The number of carbonyl (C=O) groups excluding carboxylic acids is 1. The molecule has 0 saturated heterocycles. The number of benzene rings is 1. The van der Waals surface area contributed by atoms with Crippen LogP contribution in [0.4, 0.5) is 10.6 Å². The number of allylic oxidation sites excluding steroid dienone is 1. The highest BCUT2D eigenvalue weighted by molar-refractivity contribution is 5.84. The van der Waals surface area contributed by atoms with Crippen LogP contribution >= 0.6 is 0 Å². The monoisotopic (exact) mass is 412 g/mol. The maximum absolute atomic E-state index is 12.3. The van der Waals surface area contributed by atoms with Gasteiger partial charge in [-0.25, -0.2) is 14.8 Å². The van der Waals surface area contributed by atoms with Gasteiger partial charge in [-0.15, -0.1) is 0 Å². The summed E-state index contributed by atoms with van der Waals surface area (Å²) in [4.78, 5) is 20.9. The number of amides is 2. The lowest BCUT2D eigenvalue weighted by Crippen LogP contribution is -2.36. The molecule has 0 fully saturated rings. The molecule has 2 aromatic heterocycles. The third-order valence-electron chi connectivity index (χ3n) is 5.03. The molecular weight excluding hydrogens is 388 g/mol. The number of anilines is 1. The molecular formula is C24H24N6O. The Hall–Kier alpha value is -4.13. The van der Waals surface area contributed by atoms with E-state index in [-0.39, 0.29) is 12.1 Å². The number of hydrazine groups is 1. The first-order valence-corrected chi connectivity index (χ1v) is 10.0. The fourth-order valence-corrected chi connectivity index (χ4v) is 3.34. The summed E-state index contributed by atoms with van der Waals surface area (Å²) < 4.78 is 0. The molecule has 1 aliphatic heterocycles. The number of carbonyl (C=O) groups is 1. The van der Waals surface area contributed by atoms with Crippen LogP contribution in [0.15, 0.2) is 91.7 Å². The van der Waals surface area contributed by atoms with E-state index in [1.54, 1.807) is 18.6 Å². The maximum atomic E-state index is 12.3. The van der Waals surface area contributed by atoms with E-state index in [1.807, 2.05) is 72.7 Å². The van der Waals surface area contributed by atoms with Crippen LogP contribution in [0.1, 0.15) is 29.7 Å². The molecule has 0 aliphatic carbocycles. The van der Waals surface area contributed by atoms with Crippen LogP contribution in [-0.4, -0.2) is 16.0 Å². The molecule has 31 heavy (non-hydrogen) atoms. The zero-order valence-corrected chi connectivity index (χ0v) is 17.2. The fourth-order valence-electron chi connectivity index (χ4n) is 3.34. The number of rotatable bonds is 6. The van der Waals surface area contributed by atoms with Gasteiger partial charge in [-0.1, -0.05) is 43.0 Å². The number of hydrogen-bond donors (Lipinski definition) is 3. The molecule has 3 N–H and O–H groups in total. The Kier molecular flexibility index (Phi) is 5.93. The third kappa shape index (κ3) is 4.72. The van der Waals surface area contributed by atoms with E-state index in [1.165, 1.54) is 0 Å². The van der Waals surface area contributed by atoms with Gasteiger partial charge >= 0.3 is 6.03 Å². The SMILES string of the molecule is C=C1C(c2cccnc2)=CNN1c1cc(CNC(=O)N[C@H](C)c2ccccc2)ccn1. The summed E-state index contributed by atoms with van der Waals surface area (Å²) in [7, 11) is 0. The molecule has 3 aromatic rings. The van der Waals surface area contributed by atoms with Crippen molar-refractivity contribution in [2.45, 2.75) is 19.5 Å². The minimum atomic E-state index is -0.223. The van der Waals surface area contributed by atoms with Gasteiger partial charge in [0.2, 0.25) is 0 Å². The van der Waals surface area contributed by atoms with Crippen molar-refractivity contribution in [2.75, 3.05) is 5.01 Å². The van der Waals surface area contributed by atoms with Crippen LogP contribution in [-0.2, 0) is 6.54 Å². The summed E-state index contributed by atoms with van der Waals surface area (Å²) in [6, 6.07) is 17.2. The molecule has 7 nitrogen and oxygen atoms in total. The van der Waals surface area contributed by atoms with Crippen LogP contribution in [0, 0.1) is 0 Å². The minimum absolute atomic E-state index is 0.0803. The number of hydrogen-bond acceptors (Lipinski definition) is 5. The molecule has 0 unspecified atom stereocenters. The van der Waals surface area contributed by atoms with Gasteiger partial charge in [-0.3, -0.25) is 10.4 Å². The molecule has 0 spiro atoms. The first-order chi connectivity index (χ1) is 15.1. The van der Waals surface area contributed by atoms with Crippen LogP contribution in [0.25, 0.3) is 5.57 Å². The Labute approximate surface area is 181 Å². The second-order valence-electron chi connectivity index (χ2n) is 7.19. The van der Waals surface area contributed by atoms with E-state index in [0.717, 1.165) is 28.0 Å². The molecule has 7 heteroatoms. The van der Waals surface area contributed by atoms with Gasteiger partial charge in [0, 0.05) is 42.5 Å². The first-order valence-electron chi connectivity index (χ1n) is 10.0. The summed E-state index contributed by atoms with van der Waals surface area (Å²) in [5, 5.41) is 7.66. The minimum Gasteiger partial charge on any atom is -0.334 e. The van der Waals surface area contributed by atoms with Crippen molar-refractivity contribution in [3.63, 3.8) is 0 Å². The zero-order chi connectivity index (χ0) is 21.6. The quantitative estimate of drug-likeness (QED) is 0.572. The fraction of sp³-hybridized carbons (Fsp3) is 0.125. The van der Waals surface area contributed by atoms with Crippen molar-refractivity contribution >= 4 is 17.4 Å². The Bertz CT molecular complexity index is 1100. The maximum Gasteiger partial charge on any atom is 0.315 e. The molecule has 1 atom stereocenters. The van der Waals surface area contributed by atoms with E-state index >= 15 is 0 Å². The Morgan fingerprint density at radius 3 is 2.77 bits per heavy atom. The highest BCUT2D eigenvalue weighted by Gasteiger charge is 2.22. The summed E-state index contributed by atoms with van der Waals surface area (Å²) in [5.74, 6) is 0.692.